The molecule has 1 aromatic carbocycles. The van der Waals surface area contributed by atoms with E-state index in [1.807, 2.05) is 19.1 Å². The lowest BCUT2D eigenvalue weighted by molar-refractivity contribution is 0.299. The van der Waals surface area contributed by atoms with E-state index in [0.717, 1.165) is 12.8 Å². The molecular weight excluding hydrogens is 162 g/mol. The van der Waals surface area contributed by atoms with Crippen LogP contribution in [0.5, 0.6) is 0 Å². The molecule has 3 N–H and O–H groups in total. The van der Waals surface area contributed by atoms with Crippen LogP contribution in [0.1, 0.15) is 18.1 Å². The van der Waals surface area contributed by atoms with E-state index in [1.165, 1.54) is 11.1 Å². The molecule has 2 nitrogen and oxygen atoms in total. The summed E-state index contributed by atoms with van der Waals surface area (Å²) in [6, 6.07) is 8.47. The van der Waals surface area contributed by atoms with Crippen molar-refractivity contribution in [3.8, 4) is 0 Å². The van der Waals surface area contributed by atoms with E-state index in [9.17, 15) is 0 Å². The fraction of sp³-hybridized carbons (Fsp3) is 0.455. The molecule has 1 aromatic rings. The van der Waals surface area contributed by atoms with Gasteiger partial charge in [-0.3, -0.25) is 0 Å². The molecule has 72 valence electrons. The highest BCUT2D eigenvalue weighted by Gasteiger charge is 1.97. The van der Waals surface area contributed by atoms with Crippen molar-refractivity contribution >= 4 is 0 Å². The fourth-order valence-electron chi connectivity index (χ4n) is 1.34. The van der Waals surface area contributed by atoms with Crippen LogP contribution in [-0.4, -0.2) is 17.8 Å². The highest BCUT2D eigenvalue weighted by Crippen LogP contribution is 2.06. The third-order valence-electron chi connectivity index (χ3n) is 1.98. The Morgan fingerprint density at radius 2 is 1.77 bits per heavy atom. The summed E-state index contributed by atoms with van der Waals surface area (Å²) in [7, 11) is 0. The van der Waals surface area contributed by atoms with Crippen molar-refractivity contribution in [1.82, 2.24) is 0 Å². The van der Waals surface area contributed by atoms with Gasteiger partial charge in [-0.2, -0.15) is 0 Å². The minimum atomic E-state index is 0.212. The molecule has 0 spiro atoms. The van der Waals surface area contributed by atoms with Crippen molar-refractivity contribution in [2.24, 2.45) is 5.73 Å². The van der Waals surface area contributed by atoms with Gasteiger partial charge in [0.15, 0.2) is 0 Å². The quantitative estimate of drug-likeness (QED) is 0.727. The molecule has 1 atom stereocenters. The monoisotopic (exact) mass is 179 g/mol. The van der Waals surface area contributed by atoms with Gasteiger partial charge in [0.05, 0.1) is 0 Å². The first-order valence-electron chi connectivity index (χ1n) is 4.66. The molecule has 0 aliphatic rings. The maximum absolute atomic E-state index is 8.71. The second kappa shape index (κ2) is 5.00. The molecule has 0 saturated heterocycles. The molecule has 0 bridgehead atoms. The van der Waals surface area contributed by atoms with Gasteiger partial charge in [-0.05, 0) is 30.9 Å². The van der Waals surface area contributed by atoms with Crippen LogP contribution in [0.25, 0.3) is 0 Å². The lowest BCUT2D eigenvalue weighted by atomic mass is 10.0. The van der Waals surface area contributed by atoms with Gasteiger partial charge in [0.2, 0.25) is 0 Å². The normalized spacial score (nSPS) is 12.8. The van der Waals surface area contributed by atoms with Crippen molar-refractivity contribution < 1.29 is 5.11 Å². The van der Waals surface area contributed by atoms with Crippen LogP contribution in [0.15, 0.2) is 24.3 Å². The third kappa shape index (κ3) is 3.57. The van der Waals surface area contributed by atoms with Crippen molar-refractivity contribution in [2.75, 3.05) is 6.61 Å². The summed E-state index contributed by atoms with van der Waals surface area (Å²) < 4.78 is 0. The van der Waals surface area contributed by atoms with E-state index in [-0.39, 0.29) is 12.6 Å². The fourth-order valence-corrected chi connectivity index (χ4v) is 1.34. The Balaban J connectivity index is 2.59. The van der Waals surface area contributed by atoms with Crippen molar-refractivity contribution in [1.29, 1.82) is 0 Å². The smallest absolute Gasteiger partial charge is 0.0471 e. The largest absolute Gasteiger partial charge is 0.396 e. The molecule has 13 heavy (non-hydrogen) atoms. The molecule has 0 saturated carbocycles. The van der Waals surface area contributed by atoms with E-state index in [2.05, 4.69) is 12.1 Å². The number of benzene rings is 1. The zero-order valence-electron chi connectivity index (χ0n) is 8.03. The van der Waals surface area contributed by atoms with Gasteiger partial charge >= 0.3 is 0 Å². The van der Waals surface area contributed by atoms with Crippen LogP contribution in [0.4, 0.5) is 0 Å². The van der Waals surface area contributed by atoms with Gasteiger partial charge in [0.25, 0.3) is 0 Å². The number of hydrogen-bond acceptors (Lipinski definition) is 2. The summed E-state index contributed by atoms with van der Waals surface area (Å²) in [5, 5.41) is 8.71. The topological polar surface area (TPSA) is 46.2 Å². The predicted octanol–water partition coefficient (Wildman–Crippen LogP) is 1.11. The molecule has 0 aliphatic heterocycles. The SMILES string of the molecule is C[C@@H](N)Cc1ccc(CCO)cc1. The highest BCUT2D eigenvalue weighted by molar-refractivity contribution is 5.23. The number of aliphatic hydroxyl groups is 1. The molecule has 2 heteroatoms. The Labute approximate surface area is 79.4 Å². The second-order valence-electron chi connectivity index (χ2n) is 3.47. The van der Waals surface area contributed by atoms with Crippen LogP contribution in [0.2, 0.25) is 0 Å². The average Bonchev–Trinajstić information content (AvgIpc) is 2.08. The van der Waals surface area contributed by atoms with Crippen LogP contribution >= 0.6 is 0 Å². The summed E-state index contributed by atoms with van der Waals surface area (Å²) in [6.07, 6.45) is 1.65. The Kier molecular flexibility index (Phi) is 3.93. The van der Waals surface area contributed by atoms with E-state index in [4.69, 9.17) is 10.8 Å². The first kappa shape index (κ1) is 10.2. The highest BCUT2D eigenvalue weighted by atomic mass is 16.2. The molecular formula is C11H17NO. The maximum Gasteiger partial charge on any atom is 0.0471 e. The summed E-state index contributed by atoms with van der Waals surface area (Å²) in [4.78, 5) is 0. The first-order valence-corrected chi connectivity index (χ1v) is 4.66. The summed E-state index contributed by atoms with van der Waals surface area (Å²) >= 11 is 0. The van der Waals surface area contributed by atoms with Gasteiger partial charge in [0, 0.05) is 12.6 Å². The summed E-state index contributed by atoms with van der Waals surface area (Å²) in [5.41, 5.74) is 8.12. The Morgan fingerprint density at radius 3 is 2.23 bits per heavy atom. The zero-order valence-corrected chi connectivity index (χ0v) is 8.03. The minimum absolute atomic E-state index is 0.212. The second-order valence-corrected chi connectivity index (χ2v) is 3.47. The van der Waals surface area contributed by atoms with E-state index >= 15 is 0 Å². The molecule has 0 fully saturated rings. The lowest BCUT2D eigenvalue weighted by Crippen LogP contribution is -2.17. The standard InChI is InChI=1S/C11H17NO/c1-9(12)8-11-4-2-10(3-5-11)6-7-13/h2-5,9,13H,6-8,12H2,1H3/t9-/m1/s1. The van der Waals surface area contributed by atoms with Crippen LogP contribution < -0.4 is 5.73 Å². The van der Waals surface area contributed by atoms with Crippen LogP contribution in [0, 0.1) is 0 Å². The predicted molar refractivity (Wildman–Crippen MR) is 54.6 cm³/mol. The maximum atomic E-state index is 8.71. The van der Waals surface area contributed by atoms with Crippen LogP contribution in [-0.2, 0) is 12.8 Å². The van der Waals surface area contributed by atoms with Gasteiger partial charge in [-0.1, -0.05) is 24.3 Å². The van der Waals surface area contributed by atoms with Crippen molar-refractivity contribution in [2.45, 2.75) is 25.8 Å². The van der Waals surface area contributed by atoms with E-state index in [0.29, 0.717) is 0 Å². The molecule has 0 aromatic heterocycles. The number of rotatable bonds is 4. The molecule has 0 radical (unpaired) electrons. The van der Waals surface area contributed by atoms with Gasteiger partial charge in [-0.15, -0.1) is 0 Å². The summed E-state index contributed by atoms with van der Waals surface area (Å²) in [6.45, 7) is 2.22. The van der Waals surface area contributed by atoms with E-state index in [1.54, 1.807) is 0 Å². The Bertz CT molecular complexity index is 241. The number of aliphatic hydroxyl groups excluding tert-OH is 1. The van der Waals surface area contributed by atoms with Gasteiger partial charge in [0.1, 0.15) is 0 Å². The molecule has 0 unspecified atom stereocenters. The van der Waals surface area contributed by atoms with Gasteiger partial charge < -0.3 is 10.8 Å². The minimum Gasteiger partial charge on any atom is -0.396 e. The first-order chi connectivity index (χ1) is 6.22. The van der Waals surface area contributed by atoms with E-state index < -0.39 is 0 Å². The molecule has 0 heterocycles. The number of hydrogen-bond donors (Lipinski definition) is 2. The third-order valence-corrected chi connectivity index (χ3v) is 1.98. The molecule has 0 amide bonds. The van der Waals surface area contributed by atoms with Crippen molar-refractivity contribution in [3.63, 3.8) is 0 Å². The van der Waals surface area contributed by atoms with Crippen LogP contribution in [0.3, 0.4) is 0 Å². The molecule has 0 aliphatic carbocycles. The average molecular weight is 179 g/mol. The van der Waals surface area contributed by atoms with Crippen molar-refractivity contribution in [3.05, 3.63) is 35.4 Å². The lowest BCUT2D eigenvalue weighted by Gasteiger charge is -2.05. The zero-order chi connectivity index (χ0) is 9.68. The Hall–Kier alpha value is -0.860. The summed E-state index contributed by atoms with van der Waals surface area (Å²) in [5.74, 6) is 0. The molecule has 1 rings (SSSR count). The van der Waals surface area contributed by atoms with Gasteiger partial charge in [-0.25, -0.2) is 0 Å². The Morgan fingerprint density at radius 1 is 1.23 bits per heavy atom. The number of nitrogens with two attached hydrogens (primary N) is 1.